The van der Waals surface area contributed by atoms with Crippen LogP contribution in [0.25, 0.3) is 11.1 Å². The molecule has 0 bridgehead atoms. The molecule has 9 heteroatoms. The van der Waals surface area contributed by atoms with Crippen molar-refractivity contribution in [2.75, 3.05) is 13.2 Å². The Labute approximate surface area is 247 Å². The van der Waals surface area contributed by atoms with Gasteiger partial charge in [-0.1, -0.05) is 96.1 Å². The van der Waals surface area contributed by atoms with E-state index in [9.17, 15) is 19.2 Å². The molecule has 0 aromatic heterocycles. The molecule has 1 heterocycles. The van der Waals surface area contributed by atoms with Gasteiger partial charge in [0.2, 0.25) is 0 Å². The van der Waals surface area contributed by atoms with E-state index in [0.717, 1.165) is 27.8 Å². The molecule has 0 fully saturated rings. The van der Waals surface area contributed by atoms with E-state index in [-0.39, 0.29) is 43.3 Å². The SMILES string of the molecule is O=C(C[C@@H](COCc1ccccc1)NC(=O)OCC1c2ccccc2-c2ccccc21)ON1C(=O)c2ccccc2C1=O. The Hall–Kier alpha value is -5.28. The lowest BCUT2D eigenvalue weighted by atomic mass is 9.98. The monoisotopic (exact) mass is 576 g/mol. The van der Waals surface area contributed by atoms with Crippen LogP contribution in [0.5, 0.6) is 0 Å². The van der Waals surface area contributed by atoms with Crippen molar-refractivity contribution in [2.24, 2.45) is 0 Å². The molecule has 43 heavy (non-hydrogen) atoms. The Bertz CT molecular complexity index is 1610. The molecule has 4 aromatic carbocycles. The van der Waals surface area contributed by atoms with Gasteiger partial charge >= 0.3 is 12.1 Å². The highest BCUT2D eigenvalue weighted by Gasteiger charge is 2.39. The van der Waals surface area contributed by atoms with Crippen LogP contribution in [0.1, 0.15) is 49.7 Å². The van der Waals surface area contributed by atoms with Gasteiger partial charge < -0.3 is 19.6 Å². The first-order valence-electron chi connectivity index (χ1n) is 13.9. The fraction of sp³-hybridized carbons (Fsp3) is 0.176. The number of amides is 3. The summed E-state index contributed by atoms with van der Waals surface area (Å²) in [4.78, 5) is 56.3. The Kier molecular flexibility index (Phi) is 7.97. The van der Waals surface area contributed by atoms with Crippen molar-refractivity contribution in [3.05, 3.63) is 131 Å². The second-order valence-electron chi connectivity index (χ2n) is 10.3. The van der Waals surface area contributed by atoms with Crippen LogP contribution in [0, 0.1) is 0 Å². The number of hydroxylamine groups is 2. The number of benzene rings is 4. The molecule has 9 nitrogen and oxygen atoms in total. The summed E-state index contributed by atoms with van der Waals surface area (Å²) >= 11 is 0. The molecule has 0 saturated carbocycles. The lowest BCUT2D eigenvalue weighted by Gasteiger charge is -2.20. The Morgan fingerprint density at radius 3 is 1.86 bits per heavy atom. The van der Waals surface area contributed by atoms with Gasteiger partial charge in [-0.2, -0.15) is 0 Å². The second-order valence-corrected chi connectivity index (χ2v) is 10.3. The fourth-order valence-electron chi connectivity index (χ4n) is 5.44. The van der Waals surface area contributed by atoms with Gasteiger partial charge in [-0.3, -0.25) is 9.59 Å². The zero-order valence-electron chi connectivity index (χ0n) is 23.1. The third-order valence-corrected chi connectivity index (χ3v) is 7.46. The molecule has 6 rings (SSSR count). The van der Waals surface area contributed by atoms with Gasteiger partial charge in [-0.25, -0.2) is 9.59 Å². The van der Waals surface area contributed by atoms with Crippen molar-refractivity contribution in [1.82, 2.24) is 10.4 Å². The number of nitrogens with one attached hydrogen (secondary N) is 1. The van der Waals surface area contributed by atoms with Gasteiger partial charge in [-0.05, 0) is 39.9 Å². The highest BCUT2D eigenvalue weighted by molar-refractivity contribution is 6.20. The highest BCUT2D eigenvalue weighted by atomic mass is 16.7. The normalized spacial score (nSPS) is 14.1. The molecular formula is C34H28N2O7. The number of imide groups is 1. The predicted octanol–water partition coefficient (Wildman–Crippen LogP) is 5.26. The molecule has 0 spiro atoms. The number of carbonyl (C=O) groups excluding carboxylic acids is 4. The number of fused-ring (bicyclic) bond motifs is 4. The topological polar surface area (TPSA) is 111 Å². The van der Waals surface area contributed by atoms with Crippen LogP contribution >= 0.6 is 0 Å². The summed E-state index contributed by atoms with van der Waals surface area (Å²) < 4.78 is 11.4. The van der Waals surface area contributed by atoms with E-state index >= 15 is 0 Å². The molecule has 2 aliphatic rings. The number of carbonyl (C=O) groups is 4. The van der Waals surface area contributed by atoms with Gasteiger partial charge in [0, 0.05) is 5.92 Å². The number of alkyl carbamates (subject to hydrolysis) is 1. The summed E-state index contributed by atoms with van der Waals surface area (Å²) in [6.45, 7) is 0.296. The summed E-state index contributed by atoms with van der Waals surface area (Å²) in [6.07, 6.45) is -1.10. The highest BCUT2D eigenvalue weighted by Crippen LogP contribution is 2.44. The quantitative estimate of drug-likeness (QED) is 0.257. The van der Waals surface area contributed by atoms with Gasteiger partial charge in [0.1, 0.15) is 6.61 Å². The molecule has 4 aromatic rings. The van der Waals surface area contributed by atoms with Crippen molar-refractivity contribution < 1.29 is 33.5 Å². The van der Waals surface area contributed by atoms with E-state index in [0.29, 0.717) is 5.06 Å². The van der Waals surface area contributed by atoms with Gasteiger partial charge in [0.05, 0.1) is 36.8 Å². The van der Waals surface area contributed by atoms with E-state index in [2.05, 4.69) is 5.32 Å². The largest absolute Gasteiger partial charge is 0.449 e. The van der Waals surface area contributed by atoms with E-state index in [4.69, 9.17) is 14.3 Å². The fourth-order valence-corrected chi connectivity index (χ4v) is 5.44. The first-order chi connectivity index (χ1) is 21.0. The third-order valence-electron chi connectivity index (χ3n) is 7.46. The number of nitrogens with zero attached hydrogens (tertiary/aromatic N) is 1. The standard InChI is InChI=1S/C34H28N2O7/c37-31(43-36-32(38)28-16-8-9-17-29(28)33(36)39)18-23(20-41-19-22-10-2-1-3-11-22)35-34(40)42-21-30-26-14-6-4-12-24(26)25-13-5-7-15-27(25)30/h1-17,23,30H,18-21H2,(H,35,40)/t23-/m0/s1. The molecule has 1 N–H and O–H groups in total. The summed E-state index contributed by atoms with van der Waals surface area (Å²) in [5.74, 6) is -2.47. The van der Waals surface area contributed by atoms with Crippen LogP contribution in [0.15, 0.2) is 103 Å². The molecule has 0 saturated heterocycles. The molecular weight excluding hydrogens is 548 g/mol. The zero-order valence-corrected chi connectivity index (χ0v) is 23.1. The first kappa shape index (κ1) is 27.9. The maximum absolute atomic E-state index is 13.0. The summed E-state index contributed by atoms with van der Waals surface area (Å²) in [6, 6.07) is 30.8. The molecule has 0 radical (unpaired) electrons. The van der Waals surface area contributed by atoms with Crippen LogP contribution in [0.2, 0.25) is 0 Å². The minimum absolute atomic E-state index is 0.0453. The second kappa shape index (κ2) is 12.3. The number of ether oxygens (including phenoxy) is 2. The molecule has 216 valence electrons. The first-order valence-corrected chi connectivity index (χ1v) is 13.9. The number of hydrogen-bond donors (Lipinski definition) is 1. The van der Waals surface area contributed by atoms with Gasteiger partial charge in [0.15, 0.2) is 0 Å². The van der Waals surface area contributed by atoms with Crippen LogP contribution in [0.3, 0.4) is 0 Å². The summed E-state index contributed by atoms with van der Waals surface area (Å²) in [5, 5.41) is 3.14. The lowest BCUT2D eigenvalue weighted by molar-refractivity contribution is -0.169. The minimum atomic E-state index is -0.887. The van der Waals surface area contributed by atoms with Crippen molar-refractivity contribution in [2.45, 2.75) is 25.0 Å². The molecule has 1 aliphatic carbocycles. The van der Waals surface area contributed by atoms with Crippen molar-refractivity contribution >= 4 is 23.9 Å². The molecule has 0 unspecified atom stereocenters. The maximum Gasteiger partial charge on any atom is 0.407 e. The van der Waals surface area contributed by atoms with Gasteiger partial charge in [0.25, 0.3) is 11.8 Å². The van der Waals surface area contributed by atoms with Gasteiger partial charge in [-0.15, -0.1) is 0 Å². The summed E-state index contributed by atoms with van der Waals surface area (Å²) in [5.41, 5.74) is 5.58. The van der Waals surface area contributed by atoms with E-state index in [1.165, 1.54) is 12.1 Å². The molecule has 1 atom stereocenters. The van der Waals surface area contributed by atoms with Crippen molar-refractivity contribution in [3.8, 4) is 11.1 Å². The molecule has 3 amide bonds. The van der Waals surface area contributed by atoms with Crippen molar-refractivity contribution in [3.63, 3.8) is 0 Å². The minimum Gasteiger partial charge on any atom is -0.449 e. The van der Waals surface area contributed by atoms with Crippen LogP contribution in [-0.2, 0) is 25.7 Å². The Balaban J connectivity index is 1.10. The Morgan fingerprint density at radius 1 is 0.721 bits per heavy atom. The van der Waals surface area contributed by atoms with Crippen LogP contribution < -0.4 is 5.32 Å². The zero-order chi connectivity index (χ0) is 29.8. The average molecular weight is 577 g/mol. The summed E-state index contributed by atoms with van der Waals surface area (Å²) in [7, 11) is 0. The smallest absolute Gasteiger partial charge is 0.407 e. The third kappa shape index (κ3) is 5.89. The van der Waals surface area contributed by atoms with Crippen LogP contribution in [0.4, 0.5) is 4.79 Å². The lowest BCUT2D eigenvalue weighted by Crippen LogP contribution is -2.42. The average Bonchev–Trinajstić information content (AvgIpc) is 3.47. The van der Waals surface area contributed by atoms with E-state index in [1.807, 2.05) is 78.9 Å². The van der Waals surface area contributed by atoms with E-state index < -0.39 is 29.9 Å². The van der Waals surface area contributed by atoms with E-state index in [1.54, 1.807) is 12.1 Å². The van der Waals surface area contributed by atoms with Crippen LogP contribution in [-0.4, -0.2) is 48.2 Å². The van der Waals surface area contributed by atoms with Crippen molar-refractivity contribution in [1.29, 1.82) is 0 Å². The number of hydrogen-bond acceptors (Lipinski definition) is 7. The maximum atomic E-state index is 13.0. The Morgan fingerprint density at radius 2 is 1.26 bits per heavy atom. The number of rotatable bonds is 10. The predicted molar refractivity (Wildman–Crippen MR) is 156 cm³/mol. The molecule has 1 aliphatic heterocycles.